The predicted molar refractivity (Wildman–Crippen MR) is 93.1 cm³/mol. The zero-order valence-electron chi connectivity index (χ0n) is 15.4. The van der Waals surface area contributed by atoms with Crippen molar-refractivity contribution in [1.82, 2.24) is 10.3 Å². The molecule has 1 saturated heterocycles. The van der Waals surface area contributed by atoms with Crippen LogP contribution in [-0.2, 0) is 20.5 Å². The molecule has 0 aliphatic carbocycles. The van der Waals surface area contributed by atoms with Gasteiger partial charge in [0.15, 0.2) is 0 Å². The van der Waals surface area contributed by atoms with E-state index in [1.807, 2.05) is 20.8 Å². The Morgan fingerprint density at radius 1 is 1.22 bits per heavy atom. The Hall–Kier alpha value is -1.87. The highest BCUT2D eigenvalue weighted by Crippen LogP contribution is 2.35. The summed E-state index contributed by atoms with van der Waals surface area (Å²) in [5.74, 6) is -1.74. The van der Waals surface area contributed by atoms with E-state index in [4.69, 9.17) is 16.3 Å². The number of pyridine rings is 1. The standard InChI is InChI=1S/C17H21ClF3N3O3/c1-9-12(15(26)23-14(9)25)24(8-27-7-16(2,3)4)11-6-5-10(13(18)22-11)17(19,20)21/h5-6,9,12H,7-8H2,1-4H3,(H,23,25,26). The second kappa shape index (κ2) is 7.63. The van der Waals surface area contributed by atoms with Gasteiger partial charge in [0.25, 0.3) is 0 Å². The first kappa shape index (κ1) is 21.4. The predicted octanol–water partition coefficient (Wildman–Crippen LogP) is 3.24. The number of hydrogen-bond acceptors (Lipinski definition) is 5. The molecule has 1 N–H and O–H groups in total. The number of rotatable bonds is 5. The lowest BCUT2D eigenvalue weighted by molar-refractivity contribution is -0.137. The Morgan fingerprint density at radius 2 is 1.85 bits per heavy atom. The quantitative estimate of drug-likeness (QED) is 0.461. The number of alkyl halides is 3. The highest BCUT2D eigenvalue weighted by Gasteiger charge is 2.43. The van der Waals surface area contributed by atoms with Gasteiger partial charge in [0.1, 0.15) is 23.7 Å². The van der Waals surface area contributed by atoms with E-state index in [1.54, 1.807) is 6.92 Å². The summed E-state index contributed by atoms with van der Waals surface area (Å²) in [5.41, 5.74) is -1.25. The Balaban J connectivity index is 2.36. The lowest BCUT2D eigenvalue weighted by Crippen LogP contribution is -2.45. The molecule has 0 saturated carbocycles. The summed E-state index contributed by atoms with van der Waals surface area (Å²) in [6.07, 6.45) is -4.65. The molecule has 10 heteroatoms. The molecule has 0 aromatic carbocycles. The van der Waals surface area contributed by atoms with Gasteiger partial charge < -0.3 is 9.64 Å². The number of imide groups is 1. The number of ether oxygens (including phenoxy) is 1. The summed E-state index contributed by atoms with van der Waals surface area (Å²) < 4.78 is 44.4. The van der Waals surface area contributed by atoms with Crippen molar-refractivity contribution in [3.05, 3.63) is 22.8 Å². The van der Waals surface area contributed by atoms with Crippen LogP contribution in [0.2, 0.25) is 5.15 Å². The van der Waals surface area contributed by atoms with Gasteiger partial charge >= 0.3 is 6.18 Å². The van der Waals surface area contributed by atoms with Gasteiger partial charge in [0, 0.05) is 0 Å². The molecule has 2 heterocycles. The second-order valence-corrected chi connectivity index (χ2v) is 7.96. The van der Waals surface area contributed by atoms with Crippen LogP contribution in [-0.4, -0.2) is 36.2 Å². The van der Waals surface area contributed by atoms with E-state index >= 15 is 0 Å². The SMILES string of the molecule is CC1C(=O)NC(=O)C1N(COCC(C)(C)C)c1ccc(C(F)(F)F)c(Cl)n1. The topological polar surface area (TPSA) is 71.5 Å². The number of nitrogens with zero attached hydrogens (tertiary/aromatic N) is 2. The molecule has 6 nitrogen and oxygen atoms in total. The number of carbonyl (C=O) groups is 2. The highest BCUT2D eigenvalue weighted by atomic mass is 35.5. The molecule has 1 aromatic heterocycles. The second-order valence-electron chi connectivity index (χ2n) is 7.60. The Bertz CT molecular complexity index is 734. The number of anilines is 1. The first-order valence-corrected chi connectivity index (χ1v) is 8.62. The third-order valence-electron chi connectivity index (χ3n) is 3.94. The normalized spacial score (nSPS) is 20.7. The van der Waals surface area contributed by atoms with Gasteiger partial charge in [0.05, 0.1) is 18.1 Å². The van der Waals surface area contributed by atoms with Gasteiger partial charge in [0.2, 0.25) is 11.8 Å². The van der Waals surface area contributed by atoms with Gasteiger partial charge in [-0.1, -0.05) is 39.3 Å². The number of halogens is 4. The molecule has 0 spiro atoms. The Kier molecular flexibility index (Phi) is 6.06. The van der Waals surface area contributed by atoms with E-state index in [1.165, 1.54) is 4.90 Å². The van der Waals surface area contributed by atoms with Crippen LogP contribution in [0.1, 0.15) is 33.3 Å². The molecule has 1 fully saturated rings. The maximum atomic E-state index is 12.9. The van der Waals surface area contributed by atoms with Crippen molar-refractivity contribution in [2.75, 3.05) is 18.2 Å². The molecule has 1 aliphatic rings. The van der Waals surface area contributed by atoms with E-state index in [9.17, 15) is 22.8 Å². The zero-order chi connectivity index (χ0) is 20.6. The summed E-state index contributed by atoms with van der Waals surface area (Å²) in [6, 6.07) is 0.941. The molecule has 150 valence electrons. The third-order valence-corrected chi connectivity index (χ3v) is 4.23. The molecule has 1 aromatic rings. The van der Waals surface area contributed by atoms with Crippen molar-refractivity contribution in [2.24, 2.45) is 11.3 Å². The molecule has 0 bridgehead atoms. The summed E-state index contributed by atoms with van der Waals surface area (Å²) in [5, 5.41) is 1.47. The molecule has 2 unspecified atom stereocenters. The van der Waals surface area contributed by atoms with Crippen LogP contribution < -0.4 is 10.2 Å². The van der Waals surface area contributed by atoms with Crippen LogP contribution in [0.25, 0.3) is 0 Å². The van der Waals surface area contributed by atoms with Gasteiger partial charge in [-0.3, -0.25) is 14.9 Å². The number of carbonyl (C=O) groups excluding carboxylic acids is 2. The van der Waals surface area contributed by atoms with E-state index in [0.717, 1.165) is 12.1 Å². The fraction of sp³-hybridized carbons (Fsp3) is 0.588. The largest absolute Gasteiger partial charge is 0.419 e. The number of hydrogen-bond donors (Lipinski definition) is 1. The van der Waals surface area contributed by atoms with Crippen LogP contribution in [0, 0.1) is 11.3 Å². The average Bonchev–Trinajstić information content (AvgIpc) is 2.75. The smallest absolute Gasteiger partial charge is 0.361 e. The van der Waals surface area contributed by atoms with Crippen molar-refractivity contribution in [3.63, 3.8) is 0 Å². The van der Waals surface area contributed by atoms with Gasteiger partial charge in [-0.25, -0.2) is 4.98 Å². The lowest BCUT2D eigenvalue weighted by atomic mass is 9.99. The van der Waals surface area contributed by atoms with Gasteiger partial charge in [-0.15, -0.1) is 0 Å². The molecule has 2 atom stereocenters. The highest BCUT2D eigenvalue weighted by molar-refractivity contribution is 6.30. The van der Waals surface area contributed by atoms with Crippen molar-refractivity contribution >= 4 is 29.2 Å². The maximum absolute atomic E-state index is 12.9. The Labute approximate surface area is 160 Å². The van der Waals surface area contributed by atoms with E-state index < -0.39 is 40.7 Å². The van der Waals surface area contributed by atoms with E-state index in [0.29, 0.717) is 6.61 Å². The lowest BCUT2D eigenvalue weighted by Gasteiger charge is -2.31. The summed E-state index contributed by atoms with van der Waals surface area (Å²) in [7, 11) is 0. The fourth-order valence-electron chi connectivity index (χ4n) is 2.63. The van der Waals surface area contributed by atoms with Crippen LogP contribution in [0.4, 0.5) is 19.0 Å². The van der Waals surface area contributed by atoms with Crippen molar-refractivity contribution < 1.29 is 27.5 Å². The zero-order valence-corrected chi connectivity index (χ0v) is 16.1. The van der Waals surface area contributed by atoms with Crippen molar-refractivity contribution in [2.45, 2.75) is 39.9 Å². The van der Waals surface area contributed by atoms with Crippen LogP contribution in [0.15, 0.2) is 12.1 Å². The molecule has 2 amide bonds. The molecule has 2 rings (SSSR count). The minimum absolute atomic E-state index is 0.0172. The summed E-state index contributed by atoms with van der Waals surface area (Å²) >= 11 is 5.71. The molecule has 1 aliphatic heterocycles. The molecular weight excluding hydrogens is 387 g/mol. The first-order valence-electron chi connectivity index (χ1n) is 8.24. The number of amides is 2. The molecule has 27 heavy (non-hydrogen) atoms. The van der Waals surface area contributed by atoms with E-state index in [2.05, 4.69) is 10.3 Å². The third kappa shape index (κ3) is 5.10. The maximum Gasteiger partial charge on any atom is 0.419 e. The molecule has 0 radical (unpaired) electrons. The van der Waals surface area contributed by atoms with Crippen molar-refractivity contribution in [3.8, 4) is 0 Å². The Morgan fingerprint density at radius 3 is 2.30 bits per heavy atom. The average molecular weight is 408 g/mol. The van der Waals surface area contributed by atoms with Crippen LogP contribution in [0.5, 0.6) is 0 Å². The van der Waals surface area contributed by atoms with Crippen molar-refractivity contribution in [1.29, 1.82) is 0 Å². The summed E-state index contributed by atoms with van der Waals surface area (Å²) in [4.78, 5) is 29.2. The van der Waals surface area contributed by atoms with Gasteiger partial charge in [-0.05, 0) is 17.5 Å². The van der Waals surface area contributed by atoms with Crippen LogP contribution in [0.3, 0.4) is 0 Å². The van der Waals surface area contributed by atoms with E-state index in [-0.39, 0.29) is 18.0 Å². The van der Waals surface area contributed by atoms with Crippen LogP contribution >= 0.6 is 11.6 Å². The number of aromatic nitrogens is 1. The minimum Gasteiger partial charge on any atom is -0.361 e. The van der Waals surface area contributed by atoms with Gasteiger partial charge in [-0.2, -0.15) is 13.2 Å². The molecular formula is C17H21ClF3N3O3. The first-order chi connectivity index (χ1) is 12.3. The summed E-state index contributed by atoms with van der Waals surface area (Å²) in [6.45, 7) is 7.57. The minimum atomic E-state index is -4.65. The number of nitrogens with one attached hydrogen (secondary N) is 1. The fourth-order valence-corrected chi connectivity index (χ4v) is 2.88. The monoisotopic (exact) mass is 407 g/mol.